The number of carbonyl (C=O) groups excluding carboxylic acids is 4. The van der Waals surface area contributed by atoms with E-state index in [1.807, 2.05) is 42.5 Å². The number of amides is 4. The highest BCUT2D eigenvalue weighted by Gasteiger charge is 2.44. The normalized spacial score (nSPS) is 19.0. The summed E-state index contributed by atoms with van der Waals surface area (Å²) in [5.74, 6) is 5.42. The molecule has 3 fully saturated rings. The van der Waals surface area contributed by atoms with Crippen molar-refractivity contribution >= 4 is 41.2 Å². The molecule has 4 aromatic rings. The molecule has 3 aromatic carbocycles. The fourth-order valence-electron chi connectivity index (χ4n) is 8.61. The van der Waals surface area contributed by atoms with Crippen molar-refractivity contribution in [2.24, 2.45) is 0 Å². The molecule has 0 aliphatic carbocycles. The van der Waals surface area contributed by atoms with Crippen molar-refractivity contribution in [2.75, 3.05) is 37.7 Å². The Labute approximate surface area is 360 Å². The van der Waals surface area contributed by atoms with Crippen molar-refractivity contribution in [1.82, 2.24) is 25.1 Å². The summed E-state index contributed by atoms with van der Waals surface area (Å²) < 4.78 is 12.2. The number of likely N-dealkylation sites (tertiary alicyclic amines) is 1. The van der Waals surface area contributed by atoms with Crippen LogP contribution >= 0.6 is 11.6 Å². The molecule has 312 valence electrons. The molecule has 4 amide bonds. The predicted octanol–water partition coefficient (Wildman–Crippen LogP) is 5.81. The molecule has 0 radical (unpaired) electrons. The first-order valence-electron chi connectivity index (χ1n) is 20.7. The number of imide groups is 2. The van der Waals surface area contributed by atoms with E-state index in [2.05, 4.69) is 51.9 Å². The van der Waals surface area contributed by atoms with Crippen LogP contribution in [0.25, 0.3) is 0 Å². The van der Waals surface area contributed by atoms with Crippen LogP contribution < -0.4 is 15.0 Å². The highest BCUT2D eigenvalue weighted by molar-refractivity contribution is 6.30. The SMILES string of the molecule is CC(C)(c1ccc(OCc2ccnc(N3CCC(N4CCC(OCC#Cc5ccc6c(c5)C(=O)N(C5CCC(=O)NC5=O)C6=O)CC4)CC3)n2)cc1)c1cc(Cl)cc(C#N)c1. The molecule has 4 aliphatic rings. The van der Waals surface area contributed by atoms with Crippen LogP contribution in [0.5, 0.6) is 5.75 Å². The maximum absolute atomic E-state index is 13.1. The summed E-state index contributed by atoms with van der Waals surface area (Å²) in [4.78, 5) is 65.2. The molecular formula is C47H46ClN7O6. The van der Waals surface area contributed by atoms with Crippen LogP contribution in [-0.4, -0.2) is 94.4 Å². The molecule has 13 nitrogen and oxygen atoms in total. The minimum atomic E-state index is -1.00. The Kier molecular flexibility index (Phi) is 12.2. The highest BCUT2D eigenvalue weighted by atomic mass is 35.5. The first kappa shape index (κ1) is 41.6. The molecule has 5 heterocycles. The Morgan fingerprint density at radius 3 is 2.34 bits per heavy atom. The molecule has 1 N–H and O–H groups in total. The predicted molar refractivity (Wildman–Crippen MR) is 227 cm³/mol. The van der Waals surface area contributed by atoms with Crippen LogP contribution in [0.2, 0.25) is 5.02 Å². The molecule has 0 bridgehead atoms. The lowest BCUT2D eigenvalue weighted by Gasteiger charge is -2.41. The zero-order valence-corrected chi connectivity index (χ0v) is 34.9. The summed E-state index contributed by atoms with van der Waals surface area (Å²) in [5.41, 5.74) is 4.05. The van der Waals surface area contributed by atoms with Crippen molar-refractivity contribution < 1.29 is 28.7 Å². The number of nitrogens with zero attached hydrogens (tertiary/aromatic N) is 6. The summed E-state index contributed by atoms with van der Waals surface area (Å²) in [6.45, 7) is 8.45. The molecule has 0 saturated carbocycles. The molecule has 4 aliphatic heterocycles. The van der Waals surface area contributed by atoms with Gasteiger partial charge in [0, 0.05) is 60.8 Å². The van der Waals surface area contributed by atoms with Crippen LogP contribution in [0.3, 0.4) is 0 Å². The van der Waals surface area contributed by atoms with Gasteiger partial charge in [-0.1, -0.05) is 49.4 Å². The number of fused-ring (bicyclic) bond motifs is 1. The van der Waals surface area contributed by atoms with Crippen molar-refractivity contribution in [2.45, 2.75) is 82.6 Å². The average Bonchev–Trinajstić information content (AvgIpc) is 3.52. The average molecular weight is 840 g/mol. The summed E-state index contributed by atoms with van der Waals surface area (Å²) in [7, 11) is 0. The van der Waals surface area contributed by atoms with Gasteiger partial charge in [-0.3, -0.25) is 29.4 Å². The number of carbonyl (C=O) groups is 4. The lowest BCUT2D eigenvalue weighted by atomic mass is 9.78. The van der Waals surface area contributed by atoms with Gasteiger partial charge in [-0.05, 0) is 97.8 Å². The van der Waals surface area contributed by atoms with E-state index >= 15 is 0 Å². The number of ether oxygens (including phenoxy) is 2. The molecule has 1 unspecified atom stereocenters. The molecule has 61 heavy (non-hydrogen) atoms. The Morgan fingerprint density at radius 1 is 0.852 bits per heavy atom. The monoisotopic (exact) mass is 839 g/mol. The highest BCUT2D eigenvalue weighted by Crippen LogP contribution is 2.35. The second kappa shape index (κ2) is 17.8. The molecule has 1 aromatic heterocycles. The van der Waals surface area contributed by atoms with Crippen molar-refractivity contribution in [3.8, 4) is 23.7 Å². The number of hydrogen-bond acceptors (Lipinski definition) is 11. The number of rotatable bonds is 10. The lowest BCUT2D eigenvalue weighted by molar-refractivity contribution is -0.136. The van der Waals surface area contributed by atoms with Gasteiger partial charge in [-0.15, -0.1) is 0 Å². The second-order valence-corrected chi connectivity index (χ2v) is 16.8. The minimum absolute atomic E-state index is 0.0717. The number of nitrogens with one attached hydrogen (secondary N) is 1. The third-order valence-corrected chi connectivity index (χ3v) is 12.4. The van der Waals surface area contributed by atoms with Gasteiger partial charge in [-0.2, -0.15) is 5.26 Å². The smallest absolute Gasteiger partial charge is 0.262 e. The summed E-state index contributed by atoms with van der Waals surface area (Å²) in [6, 6.07) is 21.8. The Morgan fingerprint density at radius 2 is 1.61 bits per heavy atom. The van der Waals surface area contributed by atoms with Crippen LogP contribution in [0, 0.1) is 23.2 Å². The largest absolute Gasteiger partial charge is 0.487 e. The van der Waals surface area contributed by atoms with Gasteiger partial charge in [-0.25, -0.2) is 9.97 Å². The number of benzene rings is 3. The minimum Gasteiger partial charge on any atom is -0.487 e. The van der Waals surface area contributed by atoms with Gasteiger partial charge in [0.1, 0.15) is 25.0 Å². The number of piperidine rings is 3. The van der Waals surface area contributed by atoms with E-state index < -0.39 is 29.7 Å². The first-order chi connectivity index (χ1) is 29.5. The van der Waals surface area contributed by atoms with Crippen LogP contribution in [0.4, 0.5) is 5.95 Å². The van der Waals surface area contributed by atoms with Gasteiger partial charge >= 0.3 is 0 Å². The van der Waals surface area contributed by atoms with Crippen molar-refractivity contribution in [3.63, 3.8) is 0 Å². The molecule has 8 rings (SSSR count). The number of nitriles is 1. The molecule has 14 heteroatoms. The standard InChI is InChI=1S/C47H46ClN7O6/c1-47(2,33-24-31(28-49)25-34(48)27-33)32-6-8-37(9-7-32)61-29-35-13-18-50-46(51-35)54-19-14-36(15-20-54)53-21-16-38(17-22-53)60-23-3-4-30-5-10-39-40(26-30)45(59)55(44(39)58)41-11-12-42(56)52-43(41)57/h5-10,13,18,24-27,36,38,41H,11-12,14-17,19-23,29H2,1-2H3,(H,52,56,57). The molecule has 1 atom stereocenters. The zero-order valence-electron chi connectivity index (χ0n) is 34.2. The Hall–Kier alpha value is -6.12. The maximum Gasteiger partial charge on any atom is 0.262 e. The number of hydrogen-bond donors (Lipinski definition) is 1. The topological polar surface area (TPSA) is 158 Å². The van der Waals surface area contributed by atoms with Gasteiger partial charge in [0.2, 0.25) is 17.8 Å². The van der Waals surface area contributed by atoms with E-state index in [1.54, 1.807) is 30.5 Å². The quantitative estimate of drug-likeness (QED) is 0.152. The number of aromatic nitrogens is 2. The van der Waals surface area contributed by atoms with Crippen LogP contribution in [-0.2, 0) is 26.3 Å². The van der Waals surface area contributed by atoms with E-state index in [1.165, 1.54) is 0 Å². The third-order valence-electron chi connectivity index (χ3n) is 12.2. The lowest BCUT2D eigenvalue weighted by Crippen LogP contribution is -2.54. The van der Waals surface area contributed by atoms with Crippen molar-refractivity contribution in [3.05, 3.63) is 117 Å². The molecule has 0 spiro atoms. The van der Waals surface area contributed by atoms with Gasteiger partial charge < -0.3 is 19.3 Å². The molecule has 3 saturated heterocycles. The van der Waals surface area contributed by atoms with Crippen LogP contribution in [0.1, 0.15) is 101 Å². The van der Waals surface area contributed by atoms with E-state index in [0.717, 1.165) is 85.3 Å². The van der Waals surface area contributed by atoms with E-state index in [-0.39, 0.29) is 42.1 Å². The summed E-state index contributed by atoms with van der Waals surface area (Å²) in [6.07, 6.45) is 5.98. The second-order valence-electron chi connectivity index (χ2n) is 16.4. The van der Waals surface area contributed by atoms with E-state index in [9.17, 15) is 24.4 Å². The van der Waals surface area contributed by atoms with Gasteiger partial charge in [0.25, 0.3) is 11.8 Å². The fraction of sp³-hybridized carbons (Fsp3) is 0.383. The summed E-state index contributed by atoms with van der Waals surface area (Å²) >= 11 is 6.30. The van der Waals surface area contributed by atoms with E-state index in [4.69, 9.17) is 26.1 Å². The maximum atomic E-state index is 13.1. The van der Waals surface area contributed by atoms with Gasteiger partial charge in [0.15, 0.2) is 0 Å². The Bertz CT molecular complexity index is 2460. The zero-order chi connectivity index (χ0) is 42.7. The van der Waals surface area contributed by atoms with Crippen LogP contribution in [0.15, 0.2) is 72.9 Å². The molecular weight excluding hydrogens is 794 g/mol. The van der Waals surface area contributed by atoms with E-state index in [0.29, 0.717) is 28.8 Å². The Balaban J connectivity index is 0.762. The summed E-state index contributed by atoms with van der Waals surface area (Å²) in [5, 5.41) is 12.2. The van der Waals surface area contributed by atoms with Crippen molar-refractivity contribution in [1.29, 1.82) is 5.26 Å². The number of anilines is 1. The number of halogens is 1. The first-order valence-corrected chi connectivity index (χ1v) is 21.1. The third kappa shape index (κ3) is 9.15. The fourth-order valence-corrected chi connectivity index (χ4v) is 8.84. The van der Waals surface area contributed by atoms with Gasteiger partial charge in [0.05, 0.1) is 34.6 Å².